The van der Waals surface area contributed by atoms with Crippen molar-refractivity contribution in [1.29, 1.82) is 0 Å². The second-order valence-corrected chi connectivity index (χ2v) is 8.35. The third-order valence-corrected chi connectivity index (χ3v) is 5.58. The zero-order valence-electron chi connectivity index (χ0n) is 19.2. The summed E-state index contributed by atoms with van der Waals surface area (Å²) in [5.74, 6) is -0.402. The fourth-order valence-electron chi connectivity index (χ4n) is 3.71. The number of likely N-dealkylation sites (N-methyl/N-ethyl adjacent to an activating group) is 1. The van der Waals surface area contributed by atoms with Gasteiger partial charge in [0.1, 0.15) is 12.4 Å². The van der Waals surface area contributed by atoms with Gasteiger partial charge in [-0.1, -0.05) is 6.92 Å². The van der Waals surface area contributed by atoms with Crippen molar-refractivity contribution in [3.05, 3.63) is 23.8 Å². The normalized spacial score (nSPS) is 23.6. The van der Waals surface area contributed by atoms with Gasteiger partial charge < -0.3 is 19.7 Å². The highest BCUT2D eigenvalue weighted by atomic mass is 19.4. The number of halogens is 3. The maximum atomic E-state index is 13.1. The Bertz CT molecular complexity index is 803. The predicted octanol–water partition coefficient (Wildman–Crippen LogP) is 3.40. The largest absolute Gasteiger partial charge is 0.491 e. The SMILES string of the molecule is CO[C@@H]1CN(C)C(=O)c2ccc(NC(C)=O)cc2OC[C@@H](C)N(CCC(F)(F)F)C[C@@H]1C. The van der Waals surface area contributed by atoms with E-state index in [1.807, 2.05) is 6.92 Å². The first-order valence-corrected chi connectivity index (χ1v) is 10.5. The molecule has 0 spiro atoms. The number of hydrogen-bond donors (Lipinski definition) is 1. The molecule has 3 atom stereocenters. The van der Waals surface area contributed by atoms with E-state index < -0.39 is 12.6 Å². The van der Waals surface area contributed by atoms with Crippen LogP contribution in [0.25, 0.3) is 0 Å². The standard InChI is InChI=1S/C22H32F3N3O4/c1-14-11-28(9-8-22(23,24)25)15(2)13-32-19-10-17(26-16(3)29)6-7-18(19)21(30)27(4)12-20(14)31-5/h6-7,10,14-15,20H,8-9,11-13H2,1-5H3,(H,26,29)/t14-,15+,20+/m0/s1. The monoisotopic (exact) mass is 459 g/mol. The van der Waals surface area contributed by atoms with Crippen LogP contribution in [-0.2, 0) is 9.53 Å². The van der Waals surface area contributed by atoms with Crippen molar-refractivity contribution in [2.75, 3.05) is 45.7 Å². The molecule has 2 amide bonds. The lowest BCUT2D eigenvalue weighted by atomic mass is 10.0. The zero-order chi connectivity index (χ0) is 24.1. The Balaban J connectivity index is 2.39. The van der Waals surface area contributed by atoms with Crippen LogP contribution in [-0.4, -0.2) is 80.3 Å². The molecule has 0 unspecified atom stereocenters. The third kappa shape index (κ3) is 7.37. The lowest BCUT2D eigenvalue weighted by Crippen LogP contribution is -2.47. The molecule has 10 heteroatoms. The molecule has 1 aromatic rings. The molecule has 0 saturated carbocycles. The number of hydrogen-bond acceptors (Lipinski definition) is 5. The van der Waals surface area contributed by atoms with E-state index in [-0.39, 0.29) is 55.3 Å². The molecular weight excluding hydrogens is 427 g/mol. The number of benzene rings is 1. The topological polar surface area (TPSA) is 71.1 Å². The van der Waals surface area contributed by atoms with E-state index in [2.05, 4.69) is 5.32 Å². The van der Waals surface area contributed by atoms with Gasteiger partial charge in [-0.3, -0.25) is 14.5 Å². The van der Waals surface area contributed by atoms with Crippen molar-refractivity contribution < 1.29 is 32.2 Å². The molecule has 2 rings (SSSR count). The van der Waals surface area contributed by atoms with Crippen molar-refractivity contribution in [3.63, 3.8) is 0 Å². The average Bonchev–Trinajstić information content (AvgIpc) is 2.70. The minimum atomic E-state index is -4.26. The third-order valence-electron chi connectivity index (χ3n) is 5.58. The molecule has 1 heterocycles. The summed E-state index contributed by atoms with van der Waals surface area (Å²) in [4.78, 5) is 27.7. The fraction of sp³-hybridized carbons (Fsp3) is 0.636. The fourth-order valence-corrected chi connectivity index (χ4v) is 3.71. The van der Waals surface area contributed by atoms with E-state index in [0.29, 0.717) is 17.8 Å². The van der Waals surface area contributed by atoms with E-state index in [9.17, 15) is 22.8 Å². The number of alkyl halides is 3. The zero-order valence-corrected chi connectivity index (χ0v) is 19.2. The van der Waals surface area contributed by atoms with Gasteiger partial charge in [-0.2, -0.15) is 13.2 Å². The summed E-state index contributed by atoms with van der Waals surface area (Å²) in [7, 11) is 3.17. The molecule has 1 aliphatic rings. The molecule has 1 N–H and O–H groups in total. The average molecular weight is 460 g/mol. The molecule has 0 aliphatic carbocycles. The van der Waals surface area contributed by atoms with Crippen LogP contribution in [0.3, 0.4) is 0 Å². The van der Waals surface area contributed by atoms with E-state index in [4.69, 9.17) is 9.47 Å². The predicted molar refractivity (Wildman–Crippen MR) is 115 cm³/mol. The lowest BCUT2D eigenvalue weighted by Gasteiger charge is -2.36. The maximum absolute atomic E-state index is 13.1. The smallest absolute Gasteiger partial charge is 0.390 e. The first-order chi connectivity index (χ1) is 14.9. The Morgan fingerprint density at radius 3 is 2.56 bits per heavy atom. The van der Waals surface area contributed by atoms with Crippen molar-refractivity contribution in [2.45, 2.75) is 45.5 Å². The van der Waals surface area contributed by atoms with Crippen LogP contribution < -0.4 is 10.1 Å². The molecule has 180 valence electrons. The van der Waals surface area contributed by atoms with Crippen LogP contribution in [0.15, 0.2) is 18.2 Å². The van der Waals surface area contributed by atoms with E-state index in [1.54, 1.807) is 37.1 Å². The second kappa shape index (κ2) is 11.0. The van der Waals surface area contributed by atoms with Gasteiger partial charge in [0.2, 0.25) is 5.91 Å². The van der Waals surface area contributed by atoms with Crippen molar-refractivity contribution in [1.82, 2.24) is 9.80 Å². The minimum absolute atomic E-state index is 0.0791. The Labute approximate surface area is 186 Å². The lowest BCUT2D eigenvalue weighted by molar-refractivity contribution is -0.140. The van der Waals surface area contributed by atoms with Gasteiger partial charge in [0, 0.05) is 58.5 Å². The van der Waals surface area contributed by atoms with E-state index in [1.165, 1.54) is 18.9 Å². The van der Waals surface area contributed by atoms with Crippen LogP contribution in [0.5, 0.6) is 5.75 Å². The van der Waals surface area contributed by atoms with Crippen molar-refractivity contribution in [3.8, 4) is 5.75 Å². The van der Waals surface area contributed by atoms with Gasteiger partial charge in [-0.25, -0.2) is 0 Å². The molecule has 1 aromatic carbocycles. The summed E-state index contributed by atoms with van der Waals surface area (Å²) in [6.07, 6.45) is -5.55. The van der Waals surface area contributed by atoms with Crippen LogP contribution in [0.2, 0.25) is 0 Å². The summed E-state index contributed by atoms with van der Waals surface area (Å²) in [6, 6.07) is 4.39. The maximum Gasteiger partial charge on any atom is 0.390 e. The number of nitrogens with one attached hydrogen (secondary N) is 1. The van der Waals surface area contributed by atoms with Gasteiger partial charge in [-0.05, 0) is 25.0 Å². The van der Waals surface area contributed by atoms with Crippen LogP contribution in [0.4, 0.5) is 18.9 Å². The molecule has 32 heavy (non-hydrogen) atoms. The summed E-state index contributed by atoms with van der Waals surface area (Å²) in [6.45, 7) is 5.61. The number of rotatable bonds is 4. The molecular formula is C22H32F3N3O4. The highest BCUT2D eigenvalue weighted by Crippen LogP contribution is 2.27. The van der Waals surface area contributed by atoms with Gasteiger partial charge in [-0.15, -0.1) is 0 Å². The van der Waals surface area contributed by atoms with Crippen LogP contribution >= 0.6 is 0 Å². The number of methoxy groups -OCH3 is 1. The summed E-state index contributed by atoms with van der Waals surface area (Å²) < 4.78 is 50.2. The number of fused-ring (bicyclic) bond motifs is 1. The number of carbonyl (C=O) groups is 2. The number of nitrogens with zero attached hydrogens (tertiary/aromatic N) is 2. The molecule has 0 bridgehead atoms. The quantitative estimate of drug-likeness (QED) is 0.747. The number of amides is 2. The molecule has 0 aromatic heterocycles. The van der Waals surface area contributed by atoms with E-state index >= 15 is 0 Å². The highest BCUT2D eigenvalue weighted by molar-refractivity contribution is 5.98. The molecule has 0 saturated heterocycles. The van der Waals surface area contributed by atoms with Crippen molar-refractivity contribution >= 4 is 17.5 Å². The first-order valence-electron chi connectivity index (χ1n) is 10.5. The highest BCUT2D eigenvalue weighted by Gasteiger charge is 2.32. The van der Waals surface area contributed by atoms with Gasteiger partial charge >= 0.3 is 6.18 Å². The Kier molecular flexibility index (Phi) is 8.91. The van der Waals surface area contributed by atoms with Gasteiger partial charge in [0.05, 0.1) is 18.1 Å². The molecule has 7 nitrogen and oxygen atoms in total. The van der Waals surface area contributed by atoms with Crippen LogP contribution in [0, 0.1) is 5.92 Å². The second-order valence-electron chi connectivity index (χ2n) is 8.35. The summed E-state index contributed by atoms with van der Waals surface area (Å²) in [5, 5.41) is 2.65. The molecule has 0 fully saturated rings. The first kappa shape index (κ1) is 25.9. The summed E-state index contributed by atoms with van der Waals surface area (Å²) >= 11 is 0. The number of anilines is 1. The van der Waals surface area contributed by atoms with Gasteiger partial charge in [0.25, 0.3) is 5.91 Å². The molecule has 0 radical (unpaired) electrons. The number of carbonyl (C=O) groups excluding carboxylic acids is 2. The Morgan fingerprint density at radius 2 is 1.97 bits per heavy atom. The van der Waals surface area contributed by atoms with Gasteiger partial charge in [0.15, 0.2) is 0 Å². The Morgan fingerprint density at radius 1 is 1.28 bits per heavy atom. The van der Waals surface area contributed by atoms with E-state index in [0.717, 1.165) is 0 Å². The summed E-state index contributed by atoms with van der Waals surface area (Å²) in [5.41, 5.74) is 0.766. The van der Waals surface area contributed by atoms with Crippen molar-refractivity contribution in [2.24, 2.45) is 5.92 Å². The Hall–Kier alpha value is -2.33. The van der Waals surface area contributed by atoms with Crippen LogP contribution in [0.1, 0.15) is 37.6 Å². The number of ether oxygens (including phenoxy) is 2. The minimum Gasteiger partial charge on any atom is -0.491 e. The molecule has 1 aliphatic heterocycles.